The van der Waals surface area contributed by atoms with Gasteiger partial charge in [-0.05, 0) is 18.2 Å². The lowest BCUT2D eigenvalue weighted by atomic mass is 10.2. The van der Waals surface area contributed by atoms with E-state index in [2.05, 4.69) is 13.8 Å². The zero-order chi connectivity index (χ0) is 11.5. The lowest BCUT2D eigenvalue weighted by Gasteiger charge is -1.96. The number of unbranched alkanes of at least 4 members (excludes halogenated alkanes) is 3. The van der Waals surface area contributed by atoms with Crippen molar-refractivity contribution in [3.63, 3.8) is 0 Å². The van der Waals surface area contributed by atoms with Crippen molar-refractivity contribution in [3.8, 4) is 5.75 Å². The number of benzene rings is 1. The van der Waals surface area contributed by atoms with Crippen LogP contribution in [0, 0.1) is 0 Å². The highest BCUT2D eigenvalue weighted by Gasteiger charge is 1.88. The zero-order valence-corrected chi connectivity index (χ0v) is 10.7. The van der Waals surface area contributed by atoms with E-state index in [-0.39, 0.29) is 0 Å². The van der Waals surface area contributed by atoms with Crippen LogP contribution in [-0.2, 0) is 0 Å². The lowest BCUT2D eigenvalue weighted by Crippen LogP contribution is -1.79. The highest BCUT2D eigenvalue weighted by molar-refractivity contribution is 6.30. The molecule has 15 heavy (non-hydrogen) atoms. The number of methoxy groups -OCH3 is 1. The van der Waals surface area contributed by atoms with Gasteiger partial charge >= 0.3 is 0 Å². The van der Waals surface area contributed by atoms with Crippen LogP contribution in [0.4, 0.5) is 0 Å². The summed E-state index contributed by atoms with van der Waals surface area (Å²) in [5, 5.41) is 0.703. The van der Waals surface area contributed by atoms with E-state index in [1.165, 1.54) is 25.7 Å². The molecule has 1 rings (SSSR count). The summed E-state index contributed by atoms with van der Waals surface area (Å²) in [5.74, 6) is 0.794. The van der Waals surface area contributed by atoms with Crippen LogP contribution in [0.5, 0.6) is 5.75 Å². The molecule has 0 amide bonds. The summed E-state index contributed by atoms with van der Waals surface area (Å²) in [6.45, 7) is 4.46. The van der Waals surface area contributed by atoms with Crippen LogP contribution >= 0.6 is 11.6 Å². The highest BCUT2D eigenvalue weighted by Crippen LogP contribution is 2.15. The van der Waals surface area contributed by atoms with Gasteiger partial charge in [-0.25, -0.2) is 0 Å². The first kappa shape index (κ1) is 14.3. The first-order valence-corrected chi connectivity index (χ1v) is 5.91. The second-order valence-electron chi connectivity index (χ2n) is 3.37. The third kappa shape index (κ3) is 8.31. The summed E-state index contributed by atoms with van der Waals surface area (Å²) in [6, 6.07) is 7.28. The van der Waals surface area contributed by atoms with Crippen molar-refractivity contribution in [2.24, 2.45) is 0 Å². The van der Waals surface area contributed by atoms with E-state index < -0.39 is 0 Å². The summed E-state index contributed by atoms with van der Waals surface area (Å²) >= 11 is 5.64. The Hall–Kier alpha value is -0.690. The van der Waals surface area contributed by atoms with Gasteiger partial charge in [0.15, 0.2) is 0 Å². The maximum atomic E-state index is 5.64. The summed E-state index contributed by atoms with van der Waals surface area (Å²) in [5.41, 5.74) is 0. The van der Waals surface area contributed by atoms with Crippen LogP contribution in [0.25, 0.3) is 0 Å². The molecular weight excluding hydrogens is 208 g/mol. The Balaban J connectivity index is 0.000000288. The molecule has 1 aromatic rings. The van der Waals surface area contributed by atoms with Gasteiger partial charge in [-0.15, -0.1) is 0 Å². The van der Waals surface area contributed by atoms with Crippen LogP contribution in [0.1, 0.15) is 39.5 Å². The summed E-state index contributed by atoms with van der Waals surface area (Å²) in [6.07, 6.45) is 5.54. The molecule has 0 fully saturated rings. The number of halogens is 1. The minimum absolute atomic E-state index is 0.703. The Kier molecular flexibility index (Phi) is 9.40. The normalized spacial score (nSPS) is 9.07. The van der Waals surface area contributed by atoms with E-state index in [1.54, 1.807) is 13.2 Å². The molecule has 0 aromatic heterocycles. The second-order valence-corrected chi connectivity index (χ2v) is 3.81. The topological polar surface area (TPSA) is 9.23 Å². The van der Waals surface area contributed by atoms with Gasteiger partial charge in [0.2, 0.25) is 0 Å². The third-order valence-corrected chi connectivity index (χ3v) is 2.22. The standard InChI is InChI=1S/C7H7ClO.C6H14/c1-9-7-4-2-3-6(8)5-7;1-3-5-6-4-2/h2-5H,1H3;3-6H2,1-2H3. The fourth-order valence-electron chi connectivity index (χ4n) is 1.09. The first-order valence-electron chi connectivity index (χ1n) is 5.54. The maximum absolute atomic E-state index is 5.64. The van der Waals surface area contributed by atoms with E-state index in [1.807, 2.05) is 18.2 Å². The van der Waals surface area contributed by atoms with Crippen molar-refractivity contribution < 1.29 is 4.74 Å². The molecule has 0 unspecified atom stereocenters. The molecule has 1 nitrogen and oxygen atoms in total. The molecule has 0 aliphatic carbocycles. The number of rotatable bonds is 4. The van der Waals surface area contributed by atoms with Crippen molar-refractivity contribution in [2.75, 3.05) is 7.11 Å². The van der Waals surface area contributed by atoms with Crippen molar-refractivity contribution in [3.05, 3.63) is 29.3 Å². The molecule has 0 saturated carbocycles. The molecular formula is C13H21ClO. The molecule has 2 heteroatoms. The quantitative estimate of drug-likeness (QED) is 0.664. The SMILES string of the molecule is CCCCCC.COc1cccc(Cl)c1. The third-order valence-electron chi connectivity index (χ3n) is 1.99. The van der Waals surface area contributed by atoms with Gasteiger partial charge in [0, 0.05) is 5.02 Å². The second kappa shape index (κ2) is 9.85. The van der Waals surface area contributed by atoms with Gasteiger partial charge < -0.3 is 4.74 Å². The van der Waals surface area contributed by atoms with E-state index >= 15 is 0 Å². The first-order chi connectivity index (χ1) is 7.24. The average Bonchev–Trinajstić information content (AvgIpc) is 2.27. The molecule has 0 aliphatic heterocycles. The minimum Gasteiger partial charge on any atom is -0.497 e. The van der Waals surface area contributed by atoms with Crippen LogP contribution in [0.15, 0.2) is 24.3 Å². The fraction of sp³-hybridized carbons (Fsp3) is 0.538. The van der Waals surface area contributed by atoms with Crippen LogP contribution in [-0.4, -0.2) is 7.11 Å². The summed E-state index contributed by atoms with van der Waals surface area (Å²) in [7, 11) is 1.62. The Morgan fingerprint density at radius 3 is 2.07 bits per heavy atom. The average molecular weight is 229 g/mol. The summed E-state index contributed by atoms with van der Waals surface area (Å²) in [4.78, 5) is 0. The van der Waals surface area contributed by atoms with Gasteiger partial charge in [0.1, 0.15) is 5.75 Å². The molecule has 0 bridgehead atoms. The zero-order valence-electron chi connectivity index (χ0n) is 9.92. The number of hydrogen-bond donors (Lipinski definition) is 0. The van der Waals surface area contributed by atoms with Gasteiger partial charge in [0.05, 0.1) is 7.11 Å². The maximum Gasteiger partial charge on any atom is 0.120 e. The van der Waals surface area contributed by atoms with Gasteiger partial charge in [-0.2, -0.15) is 0 Å². The van der Waals surface area contributed by atoms with E-state index in [0.29, 0.717) is 5.02 Å². The molecule has 0 aliphatic rings. The van der Waals surface area contributed by atoms with Gasteiger partial charge in [0.25, 0.3) is 0 Å². The van der Waals surface area contributed by atoms with E-state index in [4.69, 9.17) is 16.3 Å². The Labute approximate surface area is 98.4 Å². The van der Waals surface area contributed by atoms with Gasteiger partial charge in [-0.1, -0.05) is 57.2 Å². The minimum atomic E-state index is 0.703. The smallest absolute Gasteiger partial charge is 0.120 e. The van der Waals surface area contributed by atoms with Crippen LogP contribution < -0.4 is 4.74 Å². The largest absolute Gasteiger partial charge is 0.497 e. The summed E-state index contributed by atoms with van der Waals surface area (Å²) < 4.78 is 4.91. The Morgan fingerprint density at radius 1 is 1.13 bits per heavy atom. The van der Waals surface area contributed by atoms with Crippen LogP contribution in [0.2, 0.25) is 5.02 Å². The predicted molar refractivity (Wildman–Crippen MR) is 67.8 cm³/mol. The molecule has 0 radical (unpaired) electrons. The van der Waals surface area contributed by atoms with Crippen LogP contribution in [0.3, 0.4) is 0 Å². The van der Waals surface area contributed by atoms with Crippen molar-refractivity contribution in [1.29, 1.82) is 0 Å². The van der Waals surface area contributed by atoms with E-state index in [9.17, 15) is 0 Å². The van der Waals surface area contributed by atoms with Crippen molar-refractivity contribution in [1.82, 2.24) is 0 Å². The fourth-order valence-corrected chi connectivity index (χ4v) is 1.27. The predicted octanol–water partition coefficient (Wildman–Crippen LogP) is 4.94. The highest BCUT2D eigenvalue weighted by atomic mass is 35.5. The van der Waals surface area contributed by atoms with E-state index in [0.717, 1.165) is 5.75 Å². The molecule has 0 saturated heterocycles. The monoisotopic (exact) mass is 228 g/mol. The Bertz CT molecular complexity index is 244. The molecule has 0 atom stereocenters. The molecule has 0 spiro atoms. The number of ether oxygens (including phenoxy) is 1. The molecule has 86 valence electrons. The van der Waals surface area contributed by atoms with Crippen molar-refractivity contribution in [2.45, 2.75) is 39.5 Å². The molecule has 0 N–H and O–H groups in total. The van der Waals surface area contributed by atoms with Crippen molar-refractivity contribution >= 4 is 11.6 Å². The molecule has 0 heterocycles. The number of hydrogen-bond acceptors (Lipinski definition) is 1. The molecule has 1 aromatic carbocycles. The lowest BCUT2D eigenvalue weighted by molar-refractivity contribution is 0.415. The Morgan fingerprint density at radius 2 is 1.73 bits per heavy atom. The van der Waals surface area contributed by atoms with Gasteiger partial charge in [-0.3, -0.25) is 0 Å².